The zero-order chi connectivity index (χ0) is 8.97. The van der Waals surface area contributed by atoms with Crippen LogP contribution in [-0.4, -0.2) is 6.16 Å². The first-order chi connectivity index (χ1) is 5.70. The van der Waals surface area contributed by atoms with Crippen molar-refractivity contribution in [1.29, 1.82) is 0 Å². The van der Waals surface area contributed by atoms with Gasteiger partial charge in [0.2, 0.25) is 0 Å². The van der Waals surface area contributed by atoms with Gasteiger partial charge >= 0.3 is 6.16 Å². The summed E-state index contributed by atoms with van der Waals surface area (Å²) in [5.74, 6) is 0. The van der Waals surface area contributed by atoms with E-state index in [1.807, 2.05) is 0 Å². The highest BCUT2D eigenvalue weighted by molar-refractivity contribution is 5.57. The summed E-state index contributed by atoms with van der Waals surface area (Å²) in [6, 6.07) is 6.88. The van der Waals surface area contributed by atoms with Gasteiger partial charge in [-0.3, -0.25) is 0 Å². The Kier molecular flexibility index (Phi) is 2.53. The first kappa shape index (κ1) is 8.39. The Labute approximate surface area is 69.6 Å². The molecule has 0 bridgehead atoms. The molecule has 1 rings (SSSR count). The molecule has 63 valence electrons. The molecule has 0 unspecified atom stereocenters. The van der Waals surface area contributed by atoms with E-state index >= 15 is 0 Å². The van der Waals surface area contributed by atoms with Crippen LogP contribution in [0, 0.1) is 0 Å². The van der Waals surface area contributed by atoms with Crippen molar-refractivity contribution in [2.75, 3.05) is 5.73 Å². The number of rotatable bonds is 2. The Balaban J connectivity index is 2.63. The molecule has 0 fully saturated rings. The third-order valence-corrected chi connectivity index (χ3v) is 1.40. The maximum absolute atomic E-state index is 9.91. The van der Waals surface area contributed by atoms with E-state index < -0.39 is 6.16 Å². The number of nitrogens with two attached hydrogens (primary N) is 1. The number of nitrogen functional groups attached to an aromatic ring is 1. The number of ether oxygens (including phenoxy) is 1. The van der Waals surface area contributed by atoms with Gasteiger partial charge in [0.25, 0.3) is 0 Å². The van der Waals surface area contributed by atoms with Crippen LogP contribution in [-0.2, 0) is 16.5 Å². The van der Waals surface area contributed by atoms with E-state index in [4.69, 9.17) is 5.73 Å². The molecule has 0 aromatic heterocycles. The molecule has 0 saturated heterocycles. The van der Waals surface area contributed by atoms with Gasteiger partial charge < -0.3 is 10.5 Å². The molecule has 0 amide bonds. The number of hydrogen-bond acceptors (Lipinski definition) is 3. The zero-order valence-electron chi connectivity index (χ0n) is 6.32. The normalized spacial score (nSPS) is 9.33. The van der Waals surface area contributed by atoms with Crippen LogP contribution in [0.1, 0.15) is 5.56 Å². The smallest absolute Gasteiger partial charge is 0.427 e. The molecular weight excluding hydrogens is 158 g/mol. The van der Waals surface area contributed by atoms with Gasteiger partial charge in [-0.15, -0.1) is 0 Å². The molecule has 2 N–H and O–H groups in total. The van der Waals surface area contributed by atoms with Gasteiger partial charge in [-0.1, -0.05) is 18.2 Å². The number of benzene rings is 1. The summed E-state index contributed by atoms with van der Waals surface area (Å²) in [7, 11) is 0. The van der Waals surface area contributed by atoms with Gasteiger partial charge in [0.05, 0.1) is 0 Å². The van der Waals surface area contributed by atoms with Crippen LogP contribution >= 0.6 is 0 Å². The molecule has 1 radical (unpaired) electrons. The fraction of sp³-hybridized carbons (Fsp3) is 0.125. The summed E-state index contributed by atoms with van der Waals surface area (Å²) >= 11 is 0. The summed E-state index contributed by atoms with van der Waals surface area (Å²) in [6.07, 6.45) is -1.54. The Morgan fingerprint density at radius 3 is 2.67 bits per heavy atom. The SMILES string of the molecule is Nc1ccccc1COC([O])=O. The summed E-state index contributed by atoms with van der Waals surface area (Å²) < 4.78 is 4.23. The molecule has 1 aromatic rings. The second-order valence-electron chi connectivity index (χ2n) is 2.24. The molecule has 0 aliphatic carbocycles. The predicted molar refractivity (Wildman–Crippen MR) is 41.7 cm³/mol. The van der Waals surface area contributed by atoms with Crippen molar-refractivity contribution in [2.45, 2.75) is 6.61 Å². The van der Waals surface area contributed by atoms with Gasteiger partial charge in [-0.25, -0.2) is 0 Å². The molecule has 4 heteroatoms. The van der Waals surface area contributed by atoms with Crippen molar-refractivity contribution in [3.05, 3.63) is 29.8 Å². The summed E-state index contributed by atoms with van der Waals surface area (Å²) in [4.78, 5) is 9.91. The number of carbonyl (C=O) groups is 1. The Bertz CT molecular complexity index is 285. The first-order valence-corrected chi connectivity index (χ1v) is 3.37. The molecule has 12 heavy (non-hydrogen) atoms. The molecule has 4 nitrogen and oxygen atoms in total. The van der Waals surface area contributed by atoms with Gasteiger partial charge in [-0.05, 0) is 6.07 Å². The van der Waals surface area contributed by atoms with Crippen LogP contribution in [0.5, 0.6) is 0 Å². The van der Waals surface area contributed by atoms with E-state index in [9.17, 15) is 9.90 Å². The predicted octanol–water partition coefficient (Wildman–Crippen LogP) is 1.34. The Morgan fingerprint density at radius 1 is 1.42 bits per heavy atom. The van der Waals surface area contributed by atoms with E-state index in [1.54, 1.807) is 24.3 Å². The second kappa shape index (κ2) is 3.61. The van der Waals surface area contributed by atoms with E-state index in [2.05, 4.69) is 4.74 Å². The van der Waals surface area contributed by atoms with Crippen LogP contribution in [0.15, 0.2) is 24.3 Å². The number of anilines is 1. The highest BCUT2D eigenvalue weighted by Crippen LogP contribution is 2.11. The number of carbonyl (C=O) groups excluding carboxylic acids is 1. The Hall–Kier alpha value is -1.71. The molecule has 0 atom stereocenters. The standard InChI is InChI=1S/C8H8NO3/c9-7-4-2-1-3-6(7)5-12-8(10)11/h1-4H,5,9H2. The lowest BCUT2D eigenvalue weighted by atomic mass is 10.2. The second-order valence-corrected chi connectivity index (χ2v) is 2.24. The minimum absolute atomic E-state index is 0.0605. The van der Waals surface area contributed by atoms with Crippen LogP contribution in [0.25, 0.3) is 0 Å². The minimum Gasteiger partial charge on any atom is -0.427 e. The monoisotopic (exact) mass is 166 g/mol. The van der Waals surface area contributed by atoms with Crippen LogP contribution in [0.3, 0.4) is 0 Å². The van der Waals surface area contributed by atoms with Crippen LogP contribution in [0.4, 0.5) is 10.5 Å². The average Bonchev–Trinajstić information content (AvgIpc) is 2.03. The van der Waals surface area contributed by atoms with Gasteiger partial charge in [0.1, 0.15) is 6.61 Å². The quantitative estimate of drug-likeness (QED) is 0.532. The van der Waals surface area contributed by atoms with E-state index in [0.717, 1.165) is 0 Å². The van der Waals surface area contributed by atoms with Crippen LogP contribution in [0.2, 0.25) is 0 Å². The zero-order valence-corrected chi connectivity index (χ0v) is 6.32. The highest BCUT2D eigenvalue weighted by atomic mass is 16.7. The Morgan fingerprint density at radius 2 is 2.08 bits per heavy atom. The van der Waals surface area contributed by atoms with Crippen molar-refractivity contribution in [1.82, 2.24) is 0 Å². The number of para-hydroxylation sites is 1. The molecule has 0 heterocycles. The molecular formula is C8H8NO3. The maximum Gasteiger partial charge on any atom is 0.550 e. The number of hydrogen-bond donors (Lipinski definition) is 1. The van der Waals surface area contributed by atoms with Gasteiger partial charge in [0, 0.05) is 11.3 Å². The summed E-state index contributed by atoms with van der Waals surface area (Å²) in [5.41, 5.74) is 6.67. The van der Waals surface area contributed by atoms with E-state index in [-0.39, 0.29) is 6.61 Å². The van der Waals surface area contributed by atoms with Crippen molar-refractivity contribution in [2.24, 2.45) is 0 Å². The lowest BCUT2D eigenvalue weighted by Gasteiger charge is -2.02. The molecule has 0 aliphatic rings. The lowest BCUT2D eigenvalue weighted by molar-refractivity contribution is 0.0621. The van der Waals surface area contributed by atoms with Crippen molar-refractivity contribution < 1.29 is 14.6 Å². The molecule has 0 spiro atoms. The van der Waals surface area contributed by atoms with Crippen LogP contribution < -0.4 is 5.73 Å². The average molecular weight is 166 g/mol. The van der Waals surface area contributed by atoms with Gasteiger partial charge in [-0.2, -0.15) is 9.90 Å². The van der Waals surface area contributed by atoms with E-state index in [0.29, 0.717) is 11.3 Å². The first-order valence-electron chi connectivity index (χ1n) is 3.37. The minimum atomic E-state index is -1.54. The highest BCUT2D eigenvalue weighted by Gasteiger charge is 2.02. The fourth-order valence-electron chi connectivity index (χ4n) is 0.802. The third-order valence-electron chi connectivity index (χ3n) is 1.40. The maximum atomic E-state index is 9.91. The fourth-order valence-corrected chi connectivity index (χ4v) is 0.802. The molecule has 1 aromatic carbocycles. The molecule has 0 aliphatic heterocycles. The topological polar surface area (TPSA) is 72.2 Å². The third kappa shape index (κ3) is 2.16. The summed E-state index contributed by atoms with van der Waals surface area (Å²) in [5, 5.41) is 9.91. The van der Waals surface area contributed by atoms with Gasteiger partial charge in [0.15, 0.2) is 0 Å². The van der Waals surface area contributed by atoms with Crippen molar-refractivity contribution >= 4 is 11.8 Å². The van der Waals surface area contributed by atoms with E-state index in [1.165, 1.54) is 0 Å². The van der Waals surface area contributed by atoms with Crippen molar-refractivity contribution in [3.8, 4) is 0 Å². The largest absolute Gasteiger partial charge is 0.550 e. The molecule has 0 saturated carbocycles. The lowest BCUT2D eigenvalue weighted by Crippen LogP contribution is -2.01. The van der Waals surface area contributed by atoms with Crippen molar-refractivity contribution in [3.63, 3.8) is 0 Å². The summed E-state index contributed by atoms with van der Waals surface area (Å²) in [6.45, 7) is -0.0605.